The number of urea groups is 1. The van der Waals surface area contributed by atoms with Gasteiger partial charge in [-0.2, -0.15) is 0 Å². The summed E-state index contributed by atoms with van der Waals surface area (Å²) >= 11 is 12.6. The third-order valence-electron chi connectivity index (χ3n) is 8.08. The zero-order chi connectivity index (χ0) is 31.8. The van der Waals surface area contributed by atoms with Crippen LogP contribution >= 0.6 is 23.2 Å². The van der Waals surface area contributed by atoms with Gasteiger partial charge in [0.05, 0.1) is 18.1 Å². The first-order chi connectivity index (χ1) is 21.7. The van der Waals surface area contributed by atoms with E-state index in [0.717, 1.165) is 69.8 Å². The molecule has 2 fully saturated rings. The van der Waals surface area contributed by atoms with Crippen LogP contribution in [0.5, 0.6) is 11.6 Å². The second kappa shape index (κ2) is 15.5. The lowest BCUT2D eigenvalue weighted by molar-refractivity contribution is -0.118. The number of piperazine rings is 1. The number of carbonyl (C=O) groups excluding carboxylic acids is 2. The molecule has 14 heteroatoms. The molecule has 12 nitrogen and oxygen atoms in total. The zero-order valence-electron chi connectivity index (χ0n) is 25.3. The number of pyridine rings is 1. The van der Waals surface area contributed by atoms with Crippen molar-refractivity contribution in [2.75, 3.05) is 64.3 Å². The number of hydrogen-bond acceptors (Lipinski definition) is 9. The van der Waals surface area contributed by atoms with E-state index in [0.29, 0.717) is 58.7 Å². The number of rotatable bonds is 11. The van der Waals surface area contributed by atoms with Crippen LogP contribution in [0.4, 0.5) is 10.7 Å². The molecule has 0 aliphatic carbocycles. The number of nitrogens with zero attached hydrogens (tertiary/aromatic N) is 6. The second-order valence-corrected chi connectivity index (χ2v) is 12.3. The van der Waals surface area contributed by atoms with E-state index in [9.17, 15) is 9.59 Å². The number of likely N-dealkylation sites (tertiary alicyclic amines) is 1. The Morgan fingerprint density at radius 1 is 0.956 bits per heavy atom. The van der Waals surface area contributed by atoms with Crippen LogP contribution in [0.2, 0.25) is 10.0 Å². The lowest BCUT2D eigenvalue weighted by Crippen LogP contribution is -2.47. The molecule has 2 aliphatic rings. The van der Waals surface area contributed by atoms with Gasteiger partial charge in [-0.25, -0.2) is 19.7 Å². The van der Waals surface area contributed by atoms with Crippen LogP contribution in [0, 0.1) is 5.92 Å². The number of halogens is 2. The quantitative estimate of drug-likeness (QED) is 0.281. The Balaban J connectivity index is 1.26. The maximum atomic E-state index is 11.6. The fourth-order valence-electron chi connectivity index (χ4n) is 5.57. The molecule has 3 amide bonds. The molecule has 5 rings (SSSR count). The Morgan fingerprint density at radius 2 is 1.64 bits per heavy atom. The van der Waals surface area contributed by atoms with Crippen LogP contribution in [-0.4, -0.2) is 96.1 Å². The number of anilines is 1. The van der Waals surface area contributed by atoms with Crippen LogP contribution in [0.3, 0.4) is 0 Å². The Kier molecular flexibility index (Phi) is 11.3. The summed E-state index contributed by atoms with van der Waals surface area (Å²) in [7, 11) is 1.62. The van der Waals surface area contributed by atoms with Crippen molar-refractivity contribution >= 4 is 41.1 Å². The lowest BCUT2D eigenvalue weighted by atomic mass is 9.96. The molecule has 0 atom stereocenters. The predicted molar refractivity (Wildman–Crippen MR) is 175 cm³/mol. The summed E-state index contributed by atoms with van der Waals surface area (Å²) in [6.45, 7) is 7.05. The summed E-state index contributed by atoms with van der Waals surface area (Å²) in [4.78, 5) is 43.3. The van der Waals surface area contributed by atoms with Gasteiger partial charge < -0.3 is 26.0 Å². The Hall–Kier alpha value is -3.71. The number of hydrogen-bond donors (Lipinski definition) is 3. The molecule has 0 spiro atoms. The van der Waals surface area contributed by atoms with E-state index in [4.69, 9.17) is 38.7 Å². The van der Waals surface area contributed by atoms with E-state index in [2.05, 4.69) is 35.3 Å². The van der Waals surface area contributed by atoms with Gasteiger partial charge in [0.15, 0.2) is 5.75 Å². The first-order valence-corrected chi connectivity index (χ1v) is 15.9. The van der Waals surface area contributed by atoms with Crippen molar-refractivity contribution in [3.63, 3.8) is 0 Å². The van der Waals surface area contributed by atoms with Crippen LogP contribution in [0.15, 0.2) is 42.7 Å². The standard InChI is InChI=1S/C31H39Cl2N9O3/c1-35-31(44)38-17-21-2-5-41(6-3-21)20-22-12-27(23-14-24(32)16-25(33)15-23)39-29(13-22)45-26-18-36-30(37-19-26)42-10-8-40(9-11-42)7-4-28(34)43/h12-16,18-19,21H,2-11,17,20H2,1H3,(H2,34,43)(H2,35,38,44). The van der Waals surface area contributed by atoms with E-state index >= 15 is 0 Å². The number of amides is 3. The minimum Gasteiger partial charge on any atom is -0.436 e. The maximum Gasteiger partial charge on any atom is 0.314 e. The molecular weight excluding hydrogens is 617 g/mol. The number of piperidine rings is 1. The molecule has 4 N–H and O–H groups in total. The second-order valence-electron chi connectivity index (χ2n) is 11.4. The highest BCUT2D eigenvalue weighted by atomic mass is 35.5. The molecule has 0 saturated carbocycles. The molecule has 2 saturated heterocycles. The number of ether oxygens (including phenoxy) is 1. The van der Waals surface area contributed by atoms with Crippen molar-refractivity contribution in [3.05, 3.63) is 58.3 Å². The van der Waals surface area contributed by atoms with E-state index in [-0.39, 0.29) is 11.9 Å². The van der Waals surface area contributed by atoms with Gasteiger partial charge in [-0.1, -0.05) is 23.2 Å². The van der Waals surface area contributed by atoms with E-state index in [1.54, 1.807) is 25.5 Å². The van der Waals surface area contributed by atoms with Crippen molar-refractivity contribution in [3.8, 4) is 22.9 Å². The van der Waals surface area contributed by atoms with Gasteiger partial charge in [0.2, 0.25) is 17.7 Å². The zero-order valence-corrected chi connectivity index (χ0v) is 26.9. The summed E-state index contributed by atoms with van der Waals surface area (Å²) in [6.07, 6.45) is 5.68. The summed E-state index contributed by atoms with van der Waals surface area (Å²) < 4.78 is 6.19. The monoisotopic (exact) mass is 655 g/mol. The Morgan fingerprint density at radius 3 is 2.29 bits per heavy atom. The molecule has 2 aromatic heterocycles. The molecule has 240 valence electrons. The van der Waals surface area contributed by atoms with Gasteiger partial charge in [-0.15, -0.1) is 0 Å². The van der Waals surface area contributed by atoms with Crippen molar-refractivity contribution in [1.82, 2.24) is 35.4 Å². The third-order valence-corrected chi connectivity index (χ3v) is 8.51. The normalized spacial score (nSPS) is 16.4. The number of carbonyl (C=O) groups is 2. The highest BCUT2D eigenvalue weighted by Gasteiger charge is 2.22. The predicted octanol–water partition coefficient (Wildman–Crippen LogP) is 3.78. The summed E-state index contributed by atoms with van der Waals surface area (Å²) in [5.74, 6) is 1.69. The molecule has 0 unspecified atom stereocenters. The number of nitrogens with two attached hydrogens (primary N) is 1. The topological polar surface area (TPSA) is 142 Å². The Bertz CT molecular complexity index is 1440. The Labute approximate surface area is 273 Å². The largest absolute Gasteiger partial charge is 0.436 e. The molecule has 3 aromatic rings. The van der Waals surface area contributed by atoms with Crippen LogP contribution < -0.4 is 26.0 Å². The van der Waals surface area contributed by atoms with Gasteiger partial charge in [0, 0.05) is 81.0 Å². The van der Waals surface area contributed by atoms with Crippen LogP contribution in [0.1, 0.15) is 24.8 Å². The van der Waals surface area contributed by atoms with Gasteiger partial charge in [-0.05, 0) is 61.7 Å². The van der Waals surface area contributed by atoms with E-state index < -0.39 is 0 Å². The van der Waals surface area contributed by atoms with Crippen LogP contribution in [-0.2, 0) is 11.3 Å². The summed E-state index contributed by atoms with van der Waals surface area (Å²) in [6, 6.07) is 9.19. The summed E-state index contributed by atoms with van der Waals surface area (Å²) in [5.41, 5.74) is 7.82. The molecule has 0 bridgehead atoms. The van der Waals surface area contributed by atoms with Gasteiger partial charge in [0.25, 0.3) is 0 Å². The first kappa shape index (κ1) is 32.7. The van der Waals surface area contributed by atoms with Gasteiger partial charge in [0.1, 0.15) is 0 Å². The molecule has 4 heterocycles. The highest BCUT2D eigenvalue weighted by molar-refractivity contribution is 6.35. The maximum absolute atomic E-state index is 11.6. The molecular formula is C31H39Cl2N9O3. The van der Waals surface area contributed by atoms with Gasteiger partial charge >= 0.3 is 6.03 Å². The van der Waals surface area contributed by atoms with Crippen molar-refractivity contribution in [2.24, 2.45) is 11.7 Å². The van der Waals surface area contributed by atoms with E-state index in [1.165, 1.54) is 0 Å². The smallest absolute Gasteiger partial charge is 0.314 e. The third kappa shape index (κ3) is 9.64. The highest BCUT2D eigenvalue weighted by Crippen LogP contribution is 2.31. The average molecular weight is 657 g/mol. The molecule has 0 radical (unpaired) electrons. The summed E-state index contributed by atoms with van der Waals surface area (Å²) in [5, 5.41) is 6.57. The fourth-order valence-corrected chi connectivity index (χ4v) is 6.10. The lowest BCUT2D eigenvalue weighted by Gasteiger charge is -2.34. The minimum absolute atomic E-state index is 0.146. The van der Waals surface area contributed by atoms with Crippen molar-refractivity contribution in [1.29, 1.82) is 0 Å². The SMILES string of the molecule is CNC(=O)NCC1CCN(Cc2cc(Oc3cnc(N4CCN(CCC(N)=O)CC4)nc3)nc(-c3cc(Cl)cc(Cl)c3)c2)CC1. The average Bonchev–Trinajstić information content (AvgIpc) is 3.03. The van der Waals surface area contributed by atoms with Crippen molar-refractivity contribution < 1.29 is 14.3 Å². The van der Waals surface area contributed by atoms with E-state index in [1.807, 2.05) is 24.3 Å². The first-order valence-electron chi connectivity index (χ1n) is 15.1. The molecule has 1 aromatic carbocycles. The number of nitrogens with one attached hydrogen (secondary N) is 2. The van der Waals surface area contributed by atoms with Crippen molar-refractivity contribution in [2.45, 2.75) is 25.8 Å². The number of benzene rings is 1. The molecule has 2 aliphatic heterocycles. The fraction of sp³-hybridized carbons (Fsp3) is 0.452. The van der Waals surface area contributed by atoms with Crippen LogP contribution in [0.25, 0.3) is 11.3 Å². The van der Waals surface area contributed by atoms with Gasteiger partial charge in [-0.3, -0.25) is 14.6 Å². The number of primary amides is 1. The molecule has 45 heavy (non-hydrogen) atoms. The minimum atomic E-state index is -0.284. The number of aromatic nitrogens is 3.